The molecule has 0 aromatic heterocycles. The number of hydrogen-bond acceptors (Lipinski definition) is 1. The first-order valence-electron chi connectivity index (χ1n) is 5.33. The predicted molar refractivity (Wildman–Crippen MR) is 62.5 cm³/mol. The van der Waals surface area contributed by atoms with Crippen molar-refractivity contribution in [2.45, 2.75) is 26.4 Å². The maximum absolute atomic E-state index is 5.19. The van der Waals surface area contributed by atoms with Gasteiger partial charge >= 0.3 is 0 Å². The van der Waals surface area contributed by atoms with E-state index in [0.29, 0.717) is 6.61 Å². The molecule has 78 valence electrons. The van der Waals surface area contributed by atoms with Gasteiger partial charge in [0.15, 0.2) is 0 Å². The Morgan fingerprint density at radius 2 is 2.07 bits per heavy atom. The second kappa shape index (κ2) is 4.48. The number of rotatable bonds is 3. The molecule has 1 saturated carbocycles. The van der Waals surface area contributed by atoms with Crippen LogP contribution in [-0.4, -0.2) is 7.11 Å². The average Bonchev–Trinajstić information content (AvgIpc) is 3.03. The van der Waals surface area contributed by atoms with E-state index in [1.165, 1.54) is 35.1 Å². The summed E-state index contributed by atoms with van der Waals surface area (Å²) in [7, 11) is 1.73. The van der Waals surface area contributed by atoms with Crippen LogP contribution in [0.25, 0.3) is 5.57 Å². The lowest BCUT2D eigenvalue weighted by atomic mass is 10.0. The van der Waals surface area contributed by atoms with Gasteiger partial charge in [0, 0.05) is 7.11 Å². The second-order valence-electron chi connectivity index (χ2n) is 3.94. The molecule has 0 amide bonds. The van der Waals surface area contributed by atoms with Gasteiger partial charge < -0.3 is 4.74 Å². The number of methoxy groups -OCH3 is 1. The molecule has 0 aliphatic heterocycles. The molecule has 1 heteroatoms. The van der Waals surface area contributed by atoms with Crippen molar-refractivity contribution in [3.63, 3.8) is 0 Å². The fourth-order valence-corrected chi connectivity index (χ4v) is 1.69. The van der Waals surface area contributed by atoms with Crippen molar-refractivity contribution in [3.8, 4) is 0 Å². The molecule has 1 aliphatic carbocycles. The third-order valence-corrected chi connectivity index (χ3v) is 2.59. The van der Waals surface area contributed by atoms with Gasteiger partial charge in [-0.05, 0) is 42.0 Å². The minimum absolute atomic E-state index is 0.671. The maximum Gasteiger partial charge on any atom is 0.0719 e. The topological polar surface area (TPSA) is 9.23 Å². The standard InChI is InChI=1S/C14H16O/c1-11(9-12-7-8-12)14-6-4-3-5-13(14)10-15-2/h3-6H,7-8,10H2,1-2H3. The van der Waals surface area contributed by atoms with Crippen LogP contribution in [0.2, 0.25) is 0 Å². The summed E-state index contributed by atoms with van der Waals surface area (Å²) in [5, 5.41) is 0. The molecule has 0 heterocycles. The zero-order valence-electron chi connectivity index (χ0n) is 9.34. The second-order valence-corrected chi connectivity index (χ2v) is 3.94. The summed E-state index contributed by atoms with van der Waals surface area (Å²) in [6, 6.07) is 8.37. The molecule has 0 unspecified atom stereocenters. The molecule has 0 saturated heterocycles. The highest BCUT2D eigenvalue weighted by atomic mass is 16.5. The smallest absolute Gasteiger partial charge is 0.0719 e. The van der Waals surface area contributed by atoms with Crippen LogP contribution in [0.15, 0.2) is 35.6 Å². The van der Waals surface area contributed by atoms with Gasteiger partial charge in [0.2, 0.25) is 0 Å². The van der Waals surface area contributed by atoms with Crippen molar-refractivity contribution in [3.05, 3.63) is 46.7 Å². The Morgan fingerprint density at radius 3 is 2.73 bits per heavy atom. The Labute approximate surface area is 91.1 Å². The number of hydrogen-bond donors (Lipinski definition) is 0. The van der Waals surface area contributed by atoms with Gasteiger partial charge in [-0.3, -0.25) is 0 Å². The van der Waals surface area contributed by atoms with E-state index in [4.69, 9.17) is 4.74 Å². The minimum atomic E-state index is 0.671. The summed E-state index contributed by atoms with van der Waals surface area (Å²) >= 11 is 0. The maximum atomic E-state index is 5.19. The fourth-order valence-electron chi connectivity index (χ4n) is 1.69. The molecule has 1 aromatic rings. The van der Waals surface area contributed by atoms with E-state index >= 15 is 0 Å². The molecule has 0 atom stereocenters. The Kier molecular flexibility index (Phi) is 3.05. The van der Waals surface area contributed by atoms with Gasteiger partial charge in [-0.2, -0.15) is 0 Å². The van der Waals surface area contributed by atoms with Gasteiger partial charge in [0.25, 0.3) is 0 Å². The molecule has 0 bridgehead atoms. The minimum Gasteiger partial charge on any atom is -0.380 e. The van der Waals surface area contributed by atoms with Crippen LogP contribution >= 0.6 is 0 Å². The molecule has 0 radical (unpaired) electrons. The summed E-state index contributed by atoms with van der Waals surface area (Å²) in [5.41, 5.74) is 8.63. The van der Waals surface area contributed by atoms with Crippen molar-refractivity contribution < 1.29 is 4.74 Å². The molecule has 1 aliphatic rings. The summed E-state index contributed by atoms with van der Waals surface area (Å²) in [5.74, 6) is 0. The zero-order valence-corrected chi connectivity index (χ0v) is 9.34. The first-order chi connectivity index (χ1) is 7.31. The molecule has 15 heavy (non-hydrogen) atoms. The van der Waals surface area contributed by atoms with Crippen molar-refractivity contribution in [2.75, 3.05) is 7.11 Å². The Balaban J connectivity index is 2.38. The Hall–Kier alpha value is -1.30. The third-order valence-electron chi connectivity index (χ3n) is 2.59. The predicted octanol–water partition coefficient (Wildman–Crippen LogP) is 3.56. The van der Waals surface area contributed by atoms with Crippen LogP contribution in [-0.2, 0) is 11.3 Å². The van der Waals surface area contributed by atoms with Crippen LogP contribution in [0.1, 0.15) is 30.9 Å². The lowest BCUT2D eigenvalue weighted by Gasteiger charge is -2.07. The van der Waals surface area contributed by atoms with E-state index in [1.54, 1.807) is 7.11 Å². The Bertz CT molecular complexity index is 417. The molecule has 2 rings (SSSR count). The largest absolute Gasteiger partial charge is 0.380 e. The van der Waals surface area contributed by atoms with Crippen molar-refractivity contribution in [2.24, 2.45) is 0 Å². The van der Waals surface area contributed by atoms with E-state index in [9.17, 15) is 0 Å². The summed E-state index contributed by atoms with van der Waals surface area (Å²) in [6.07, 6.45) is 2.45. The monoisotopic (exact) mass is 200 g/mol. The molecule has 1 nitrogen and oxygen atoms in total. The number of allylic oxidation sites excluding steroid dienone is 1. The summed E-state index contributed by atoms with van der Waals surface area (Å²) < 4.78 is 5.19. The lowest BCUT2D eigenvalue weighted by Crippen LogP contribution is -1.92. The first-order valence-corrected chi connectivity index (χ1v) is 5.33. The van der Waals surface area contributed by atoms with E-state index in [2.05, 4.69) is 36.9 Å². The molecular weight excluding hydrogens is 184 g/mol. The van der Waals surface area contributed by atoms with Crippen LogP contribution in [0, 0.1) is 0 Å². The third kappa shape index (κ3) is 2.59. The van der Waals surface area contributed by atoms with E-state index < -0.39 is 0 Å². The van der Waals surface area contributed by atoms with Gasteiger partial charge in [-0.1, -0.05) is 24.3 Å². The average molecular weight is 200 g/mol. The van der Waals surface area contributed by atoms with E-state index in [0.717, 1.165) is 0 Å². The highest BCUT2D eigenvalue weighted by Gasteiger charge is 2.10. The first kappa shape index (κ1) is 10.2. The van der Waals surface area contributed by atoms with Crippen molar-refractivity contribution >= 4 is 5.57 Å². The zero-order chi connectivity index (χ0) is 10.7. The van der Waals surface area contributed by atoms with Crippen molar-refractivity contribution in [1.82, 2.24) is 0 Å². The van der Waals surface area contributed by atoms with Crippen LogP contribution < -0.4 is 0 Å². The molecule has 0 spiro atoms. The molecule has 1 fully saturated rings. The lowest BCUT2D eigenvalue weighted by molar-refractivity contribution is 0.184. The highest BCUT2D eigenvalue weighted by Crippen LogP contribution is 2.28. The summed E-state index contributed by atoms with van der Waals surface area (Å²) in [4.78, 5) is 0. The van der Waals surface area contributed by atoms with Gasteiger partial charge in [0.05, 0.1) is 6.61 Å². The quantitative estimate of drug-likeness (QED) is 0.678. The molecular formula is C14H16O. The Morgan fingerprint density at radius 1 is 1.33 bits per heavy atom. The van der Waals surface area contributed by atoms with Gasteiger partial charge in [-0.15, -0.1) is 5.73 Å². The fraction of sp³-hybridized carbons (Fsp3) is 0.357. The number of benzene rings is 1. The molecule has 1 aromatic carbocycles. The van der Waals surface area contributed by atoms with Gasteiger partial charge in [-0.25, -0.2) is 0 Å². The number of ether oxygens (including phenoxy) is 1. The SMILES string of the molecule is COCc1ccccc1C(C)=C=C1CC1. The van der Waals surface area contributed by atoms with Crippen LogP contribution in [0.4, 0.5) is 0 Å². The van der Waals surface area contributed by atoms with Crippen LogP contribution in [0.3, 0.4) is 0 Å². The van der Waals surface area contributed by atoms with Gasteiger partial charge in [0.1, 0.15) is 0 Å². The summed E-state index contributed by atoms with van der Waals surface area (Å²) in [6.45, 7) is 2.80. The normalized spacial score (nSPS) is 13.6. The van der Waals surface area contributed by atoms with Crippen molar-refractivity contribution in [1.29, 1.82) is 0 Å². The van der Waals surface area contributed by atoms with E-state index in [1.807, 2.05) is 0 Å². The highest BCUT2D eigenvalue weighted by molar-refractivity contribution is 5.66. The van der Waals surface area contributed by atoms with Crippen LogP contribution in [0.5, 0.6) is 0 Å². The molecule has 0 N–H and O–H groups in total. The van der Waals surface area contributed by atoms with E-state index in [-0.39, 0.29) is 0 Å².